The van der Waals surface area contributed by atoms with E-state index in [-0.39, 0.29) is 11.8 Å². The summed E-state index contributed by atoms with van der Waals surface area (Å²) >= 11 is 6.24. The lowest BCUT2D eigenvalue weighted by molar-refractivity contribution is 0.316. The molecular weight excluding hydrogens is 496 g/mol. The molecule has 0 saturated carbocycles. The maximum atomic E-state index is 11.6. The van der Waals surface area contributed by atoms with Gasteiger partial charge in [-0.3, -0.25) is 4.98 Å². The van der Waals surface area contributed by atoms with Crippen molar-refractivity contribution in [1.29, 1.82) is 0 Å². The molecule has 1 aromatic heterocycles. The van der Waals surface area contributed by atoms with Crippen molar-refractivity contribution in [2.45, 2.75) is 44.9 Å². The lowest BCUT2D eigenvalue weighted by atomic mass is 9.81. The highest BCUT2D eigenvalue weighted by Crippen LogP contribution is 2.34. The molecule has 9 heteroatoms. The largest absolute Gasteiger partial charge is 0.411 e. The average Bonchev–Trinajstić information content (AvgIpc) is 2.85. The van der Waals surface area contributed by atoms with Crippen molar-refractivity contribution < 1.29 is 13.6 Å². The molecule has 1 saturated heterocycles. The number of hydrogen-bond donors (Lipinski definition) is 2. The number of nitrogens with zero attached hydrogens (tertiary/aromatic N) is 3. The number of hydrogen-bond acceptors (Lipinski definition) is 5. The predicted molar refractivity (Wildman–Crippen MR) is 143 cm³/mol. The molecule has 1 aliphatic rings. The number of aryl methyl sites for hydroxylation is 2. The van der Waals surface area contributed by atoms with Gasteiger partial charge in [-0.2, -0.15) is 12.7 Å². The third-order valence-electron chi connectivity index (χ3n) is 6.91. The summed E-state index contributed by atoms with van der Waals surface area (Å²) in [5, 5.41) is 19.8. The molecule has 1 atom stereocenters. The van der Waals surface area contributed by atoms with Gasteiger partial charge < -0.3 is 5.21 Å². The summed E-state index contributed by atoms with van der Waals surface area (Å²) < 4.78 is 24.6. The normalized spacial score (nSPS) is 16.7. The van der Waals surface area contributed by atoms with Crippen LogP contribution < -0.4 is 5.14 Å². The first kappa shape index (κ1) is 26.3. The molecule has 2 aromatic carbocycles. The van der Waals surface area contributed by atoms with Crippen molar-refractivity contribution in [2.24, 2.45) is 10.3 Å². The molecule has 4 rings (SSSR count). The van der Waals surface area contributed by atoms with E-state index in [2.05, 4.69) is 34.4 Å². The van der Waals surface area contributed by atoms with Crippen molar-refractivity contribution in [3.8, 4) is 0 Å². The predicted octanol–water partition coefficient (Wildman–Crippen LogP) is 4.94. The quantitative estimate of drug-likeness (QED) is 0.258. The molecule has 7 nitrogen and oxygen atoms in total. The molecule has 0 spiro atoms. The molecule has 1 fully saturated rings. The van der Waals surface area contributed by atoms with E-state index < -0.39 is 10.2 Å². The Balaban J connectivity index is 1.64. The Bertz CT molecular complexity index is 1350. The first-order valence-electron chi connectivity index (χ1n) is 11.9. The van der Waals surface area contributed by atoms with Gasteiger partial charge in [0.05, 0.1) is 11.6 Å². The van der Waals surface area contributed by atoms with Gasteiger partial charge in [-0.15, -0.1) is 0 Å². The van der Waals surface area contributed by atoms with Crippen LogP contribution in [-0.2, 0) is 16.6 Å². The molecular formula is C27H31ClN4O3S. The summed E-state index contributed by atoms with van der Waals surface area (Å²) in [6.07, 6.45) is 3.68. The number of halogens is 1. The lowest BCUT2D eigenvalue weighted by Crippen LogP contribution is -2.41. The van der Waals surface area contributed by atoms with Crippen molar-refractivity contribution in [2.75, 3.05) is 13.1 Å². The van der Waals surface area contributed by atoms with Crippen molar-refractivity contribution in [3.05, 3.63) is 99.3 Å². The summed E-state index contributed by atoms with van der Waals surface area (Å²) in [7, 11) is -3.65. The number of rotatable bonds is 7. The molecule has 0 aliphatic carbocycles. The van der Waals surface area contributed by atoms with Crippen LogP contribution >= 0.6 is 11.6 Å². The third-order valence-corrected chi connectivity index (χ3v) is 8.23. The molecule has 0 bridgehead atoms. The van der Waals surface area contributed by atoms with Gasteiger partial charge in [0, 0.05) is 36.4 Å². The zero-order valence-electron chi connectivity index (χ0n) is 20.4. The van der Waals surface area contributed by atoms with Crippen LogP contribution in [0.15, 0.2) is 65.9 Å². The minimum atomic E-state index is -3.65. The Morgan fingerprint density at radius 2 is 1.83 bits per heavy atom. The average molecular weight is 527 g/mol. The molecule has 1 aliphatic heterocycles. The second-order valence-corrected chi connectivity index (χ2v) is 11.4. The number of piperidine rings is 1. The zero-order chi connectivity index (χ0) is 25.9. The molecule has 3 N–H and O–H groups in total. The van der Waals surface area contributed by atoms with Crippen LogP contribution in [0, 0.1) is 13.8 Å². The second-order valence-electron chi connectivity index (χ2n) is 9.39. The second kappa shape index (κ2) is 11.1. The zero-order valence-corrected chi connectivity index (χ0v) is 22.0. The number of benzene rings is 2. The molecule has 36 heavy (non-hydrogen) atoms. The highest BCUT2D eigenvalue weighted by atomic mass is 35.5. The van der Waals surface area contributed by atoms with E-state index in [4.69, 9.17) is 16.7 Å². The van der Waals surface area contributed by atoms with Crippen LogP contribution in [0.1, 0.15) is 58.2 Å². The highest BCUT2D eigenvalue weighted by molar-refractivity contribution is 7.86. The number of pyridine rings is 1. The van der Waals surface area contributed by atoms with E-state index in [0.717, 1.165) is 46.4 Å². The minimum absolute atomic E-state index is 0.263. The Morgan fingerprint density at radius 3 is 2.42 bits per heavy atom. The van der Waals surface area contributed by atoms with Gasteiger partial charge in [-0.05, 0) is 84.7 Å². The van der Waals surface area contributed by atoms with E-state index in [0.29, 0.717) is 30.2 Å². The van der Waals surface area contributed by atoms with Gasteiger partial charge in [-0.1, -0.05) is 47.1 Å². The van der Waals surface area contributed by atoms with Crippen molar-refractivity contribution in [3.63, 3.8) is 0 Å². The van der Waals surface area contributed by atoms with Gasteiger partial charge >= 0.3 is 0 Å². The Hall–Kier alpha value is -2.78. The first-order valence-corrected chi connectivity index (χ1v) is 13.8. The van der Waals surface area contributed by atoms with Gasteiger partial charge in [0.25, 0.3) is 10.2 Å². The van der Waals surface area contributed by atoms with Crippen LogP contribution in [-0.4, -0.2) is 41.7 Å². The first-order chi connectivity index (χ1) is 17.2. The Kier molecular flexibility index (Phi) is 8.10. The topological polar surface area (TPSA) is 109 Å². The molecule has 190 valence electrons. The SMILES string of the molecule is Cc1cc(C/C(=N\O)[C@H](c2ccc(C3CCN(S(N)(=O)=O)CC3)cc2)c2ccc(Cl)cc2C)ccn1. The molecule has 0 unspecified atom stereocenters. The van der Waals surface area contributed by atoms with Crippen LogP contribution in [0.25, 0.3) is 0 Å². The van der Waals surface area contributed by atoms with Crippen molar-refractivity contribution >= 4 is 27.5 Å². The summed E-state index contributed by atoms with van der Waals surface area (Å²) in [6.45, 7) is 4.79. The van der Waals surface area contributed by atoms with E-state index in [1.807, 2.05) is 44.2 Å². The number of nitrogens with two attached hydrogens (primary N) is 1. The van der Waals surface area contributed by atoms with E-state index in [1.165, 1.54) is 4.31 Å². The lowest BCUT2D eigenvalue weighted by Gasteiger charge is -2.30. The van der Waals surface area contributed by atoms with Gasteiger partial charge in [0.15, 0.2) is 0 Å². The van der Waals surface area contributed by atoms with Gasteiger partial charge in [0.2, 0.25) is 0 Å². The molecule has 3 aromatic rings. The van der Waals surface area contributed by atoms with Crippen LogP contribution in [0.4, 0.5) is 0 Å². The van der Waals surface area contributed by atoms with Crippen LogP contribution in [0.3, 0.4) is 0 Å². The minimum Gasteiger partial charge on any atom is -0.411 e. The number of aromatic nitrogens is 1. The fourth-order valence-electron chi connectivity index (χ4n) is 5.04. The summed E-state index contributed by atoms with van der Waals surface area (Å²) in [5.74, 6) is -0.00226. The maximum Gasteiger partial charge on any atom is 0.276 e. The number of oxime groups is 1. The smallest absolute Gasteiger partial charge is 0.276 e. The summed E-state index contributed by atoms with van der Waals surface area (Å²) in [6, 6.07) is 18.0. The summed E-state index contributed by atoms with van der Waals surface area (Å²) in [4.78, 5) is 4.27. The standard InChI is InChI=1S/C27H31ClN4O3S/c1-18-15-24(28)7-8-25(18)27(26(31-33)17-20-9-12-30-19(2)16-20)23-5-3-21(4-6-23)22-10-13-32(14-11-22)36(29,34)35/h3-9,12,15-16,22,27,33H,10-11,13-14,17H2,1-2H3,(H2,29,34,35)/b31-26+/t27-/m1/s1. The van der Waals surface area contributed by atoms with Gasteiger partial charge in [0.1, 0.15) is 0 Å². The Morgan fingerprint density at radius 1 is 1.14 bits per heavy atom. The monoisotopic (exact) mass is 526 g/mol. The molecule has 0 amide bonds. The fourth-order valence-corrected chi connectivity index (χ4v) is 5.98. The third kappa shape index (κ3) is 6.13. The van der Waals surface area contributed by atoms with Crippen LogP contribution in [0.2, 0.25) is 5.02 Å². The highest BCUT2D eigenvalue weighted by Gasteiger charge is 2.27. The maximum absolute atomic E-state index is 11.6. The molecule has 2 heterocycles. The van der Waals surface area contributed by atoms with E-state index in [1.54, 1.807) is 6.20 Å². The van der Waals surface area contributed by atoms with Crippen LogP contribution in [0.5, 0.6) is 0 Å². The van der Waals surface area contributed by atoms with Gasteiger partial charge in [-0.25, -0.2) is 5.14 Å². The fraction of sp³-hybridized carbons (Fsp3) is 0.333. The Labute approximate surface area is 217 Å². The van der Waals surface area contributed by atoms with E-state index in [9.17, 15) is 13.6 Å². The summed E-state index contributed by atoms with van der Waals surface area (Å²) in [5.41, 5.74) is 6.75. The van der Waals surface area contributed by atoms with Crippen molar-refractivity contribution in [1.82, 2.24) is 9.29 Å². The van der Waals surface area contributed by atoms with E-state index >= 15 is 0 Å². The molecule has 0 radical (unpaired) electrons.